The van der Waals surface area contributed by atoms with E-state index in [1.54, 1.807) is 11.8 Å². The molecule has 1 aromatic rings. The molecule has 2 atom stereocenters. The van der Waals surface area contributed by atoms with Gasteiger partial charge in [-0.25, -0.2) is 4.79 Å². The van der Waals surface area contributed by atoms with Crippen molar-refractivity contribution in [2.75, 3.05) is 7.11 Å². The lowest BCUT2D eigenvalue weighted by molar-refractivity contribution is -0.0214. The molecule has 0 bridgehead atoms. The van der Waals surface area contributed by atoms with Crippen molar-refractivity contribution in [1.29, 1.82) is 0 Å². The first-order chi connectivity index (χ1) is 9.56. The summed E-state index contributed by atoms with van der Waals surface area (Å²) in [6.45, 7) is 6.77. The first kappa shape index (κ1) is 15.0. The Kier molecular flexibility index (Phi) is 4.81. The van der Waals surface area contributed by atoms with Crippen molar-refractivity contribution < 1.29 is 14.3 Å². The molecular formula is C15H24N2O3. The minimum absolute atomic E-state index is 0.0292. The standard InChI is InChI=1S/C15H24N2O3/c1-5-17-12(9-11(16-17)10(2)3)15(18)20-14-8-6-7-13(14)19-4/h9-10,13-14H,5-8H2,1-4H3. The Morgan fingerprint density at radius 3 is 2.75 bits per heavy atom. The maximum atomic E-state index is 12.3. The van der Waals surface area contributed by atoms with E-state index in [9.17, 15) is 4.79 Å². The molecule has 2 rings (SSSR count). The summed E-state index contributed by atoms with van der Waals surface area (Å²) in [5.41, 5.74) is 1.46. The molecule has 5 nitrogen and oxygen atoms in total. The van der Waals surface area contributed by atoms with Crippen LogP contribution in [0.4, 0.5) is 0 Å². The molecule has 1 fully saturated rings. The van der Waals surface area contributed by atoms with E-state index >= 15 is 0 Å². The Labute approximate surface area is 120 Å². The number of nitrogens with zero attached hydrogens (tertiary/aromatic N) is 2. The van der Waals surface area contributed by atoms with Crippen molar-refractivity contribution in [3.63, 3.8) is 0 Å². The van der Waals surface area contributed by atoms with E-state index in [-0.39, 0.29) is 18.2 Å². The number of ether oxygens (including phenoxy) is 2. The van der Waals surface area contributed by atoms with E-state index < -0.39 is 0 Å². The number of hydrogen-bond donors (Lipinski definition) is 0. The van der Waals surface area contributed by atoms with Crippen molar-refractivity contribution in [1.82, 2.24) is 9.78 Å². The molecule has 2 unspecified atom stereocenters. The predicted octanol–water partition coefficient (Wildman–Crippen LogP) is 2.75. The van der Waals surface area contributed by atoms with Crippen LogP contribution in [0.5, 0.6) is 0 Å². The maximum Gasteiger partial charge on any atom is 0.356 e. The molecule has 0 N–H and O–H groups in total. The quantitative estimate of drug-likeness (QED) is 0.778. The number of aryl methyl sites for hydroxylation is 1. The summed E-state index contributed by atoms with van der Waals surface area (Å²) >= 11 is 0. The second-order valence-corrected chi connectivity index (χ2v) is 5.57. The molecule has 1 heterocycles. The van der Waals surface area contributed by atoms with Gasteiger partial charge in [0.25, 0.3) is 0 Å². The molecule has 20 heavy (non-hydrogen) atoms. The summed E-state index contributed by atoms with van der Waals surface area (Å²) in [5, 5.41) is 4.45. The lowest BCUT2D eigenvalue weighted by Crippen LogP contribution is -2.28. The Morgan fingerprint density at radius 1 is 1.45 bits per heavy atom. The zero-order valence-electron chi connectivity index (χ0n) is 12.8. The monoisotopic (exact) mass is 280 g/mol. The summed E-state index contributed by atoms with van der Waals surface area (Å²) in [5.74, 6) is 0.00718. The van der Waals surface area contributed by atoms with E-state index in [1.165, 1.54) is 0 Å². The number of aromatic nitrogens is 2. The minimum Gasteiger partial charge on any atom is -0.455 e. The van der Waals surface area contributed by atoms with Crippen LogP contribution in [0.2, 0.25) is 0 Å². The van der Waals surface area contributed by atoms with E-state index in [2.05, 4.69) is 18.9 Å². The third kappa shape index (κ3) is 3.03. The summed E-state index contributed by atoms with van der Waals surface area (Å²) in [6.07, 6.45) is 2.78. The number of hydrogen-bond acceptors (Lipinski definition) is 4. The molecule has 1 aliphatic carbocycles. The molecule has 0 aromatic carbocycles. The van der Waals surface area contributed by atoms with Crippen molar-refractivity contribution in [2.45, 2.75) is 64.7 Å². The van der Waals surface area contributed by atoms with Crippen molar-refractivity contribution in [3.8, 4) is 0 Å². The van der Waals surface area contributed by atoms with Gasteiger partial charge in [0.15, 0.2) is 0 Å². The van der Waals surface area contributed by atoms with Crippen LogP contribution in [0.15, 0.2) is 6.07 Å². The highest BCUT2D eigenvalue weighted by molar-refractivity contribution is 5.87. The van der Waals surface area contributed by atoms with Gasteiger partial charge in [0.05, 0.1) is 11.8 Å². The van der Waals surface area contributed by atoms with E-state index in [0.717, 1.165) is 25.0 Å². The fourth-order valence-electron chi connectivity index (χ4n) is 2.62. The molecule has 0 saturated heterocycles. The number of carbonyl (C=O) groups excluding carboxylic acids is 1. The van der Waals surface area contributed by atoms with Crippen LogP contribution in [-0.2, 0) is 16.0 Å². The average molecular weight is 280 g/mol. The van der Waals surface area contributed by atoms with E-state index in [0.29, 0.717) is 18.2 Å². The lowest BCUT2D eigenvalue weighted by Gasteiger charge is -2.18. The summed E-state index contributed by atoms with van der Waals surface area (Å²) < 4.78 is 12.7. The van der Waals surface area contributed by atoms with Gasteiger partial charge in [0, 0.05) is 13.7 Å². The molecule has 0 amide bonds. The van der Waals surface area contributed by atoms with E-state index in [1.807, 2.05) is 13.0 Å². The van der Waals surface area contributed by atoms with Gasteiger partial charge in [0.1, 0.15) is 11.8 Å². The van der Waals surface area contributed by atoms with Crippen molar-refractivity contribution in [2.24, 2.45) is 0 Å². The molecular weight excluding hydrogens is 256 g/mol. The largest absolute Gasteiger partial charge is 0.455 e. The van der Waals surface area contributed by atoms with E-state index in [4.69, 9.17) is 9.47 Å². The second-order valence-electron chi connectivity index (χ2n) is 5.57. The van der Waals surface area contributed by atoms with Crippen molar-refractivity contribution in [3.05, 3.63) is 17.5 Å². The van der Waals surface area contributed by atoms with Gasteiger partial charge in [-0.1, -0.05) is 13.8 Å². The number of esters is 1. The smallest absolute Gasteiger partial charge is 0.356 e. The lowest BCUT2D eigenvalue weighted by atomic mass is 10.1. The highest BCUT2D eigenvalue weighted by Crippen LogP contribution is 2.25. The fraction of sp³-hybridized carbons (Fsp3) is 0.733. The van der Waals surface area contributed by atoms with Crippen LogP contribution in [0.1, 0.15) is 62.1 Å². The Bertz CT molecular complexity index is 468. The van der Waals surface area contributed by atoms with Gasteiger partial charge in [-0.15, -0.1) is 0 Å². The van der Waals surface area contributed by atoms with Gasteiger partial charge in [-0.05, 0) is 38.2 Å². The first-order valence-corrected chi connectivity index (χ1v) is 7.38. The SMILES string of the molecule is CCn1nc(C(C)C)cc1C(=O)OC1CCCC1OC. The Balaban J connectivity index is 2.12. The zero-order valence-corrected chi connectivity index (χ0v) is 12.8. The molecule has 112 valence electrons. The molecule has 1 saturated carbocycles. The first-order valence-electron chi connectivity index (χ1n) is 7.38. The van der Waals surface area contributed by atoms with Gasteiger partial charge in [-0.3, -0.25) is 4.68 Å². The normalized spacial score (nSPS) is 22.4. The third-order valence-corrected chi connectivity index (χ3v) is 3.85. The number of methoxy groups -OCH3 is 1. The van der Waals surface area contributed by atoms with Crippen LogP contribution < -0.4 is 0 Å². The summed E-state index contributed by atoms with van der Waals surface area (Å²) in [7, 11) is 1.67. The minimum atomic E-state index is -0.291. The zero-order chi connectivity index (χ0) is 14.7. The summed E-state index contributed by atoms with van der Waals surface area (Å²) in [6, 6.07) is 1.84. The predicted molar refractivity (Wildman–Crippen MR) is 75.8 cm³/mol. The molecule has 0 radical (unpaired) electrons. The highest BCUT2D eigenvalue weighted by atomic mass is 16.6. The van der Waals surface area contributed by atoms with Gasteiger partial charge in [-0.2, -0.15) is 5.10 Å². The van der Waals surface area contributed by atoms with Crippen LogP contribution >= 0.6 is 0 Å². The van der Waals surface area contributed by atoms with Crippen molar-refractivity contribution >= 4 is 5.97 Å². The molecule has 0 aliphatic heterocycles. The fourth-order valence-corrected chi connectivity index (χ4v) is 2.62. The summed E-state index contributed by atoms with van der Waals surface area (Å²) in [4.78, 5) is 12.3. The van der Waals surface area contributed by atoms with Gasteiger partial charge >= 0.3 is 5.97 Å². The van der Waals surface area contributed by atoms with Crippen LogP contribution in [0, 0.1) is 0 Å². The third-order valence-electron chi connectivity index (χ3n) is 3.85. The molecule has 1 aromatic heterocycles. The topological polar surface area (TPSA) is 53.4 Å². The Hall–Kier alpha value is -1.36. The number of rotatable bonds is 5. The van der Waals surface area contributed by atoms with Crippen LogP contribution in [0.3, 0.4) is 0 Å². The van der Waals surface area contributed by atoms with Crippen LogP contribution in [0.25, 0.3) is 0 Å². The highest BCUT2D eigenvalue weighted by Gasteiger charge is 2.31. The van der Waals surface area contributed by atoms with Crippen LogP contribution in [-0.4, -0.2) is 35.1 Å². The average Bonchev–Trinajstić information content (AvgIpc) is 3.04. The maximum absolute atomic E-state index is 12.3. The van der Waals surface area contributed by atoms with Gasteiger partial charge < -0.3 is 9.47 Å². The molecule has 0 spiro atoms. The molecule has 5 heteroatoms. The Morgan fingerprint density at radius 2 is 2.15 bits per heavy atom. The second kappa shape index (κ2) is 6.39. The molecule has 1 aliphatic rings. The van der Waals surface area contributed by atoms with Gasteiger partial charge in [0.2, 0.25) is 0 Å². The number of carbonyl (C=O) groups is 1.